The fourth-order valence-corrected chi connectivity index (χ4v) is 2.70. The Kier molecular flexibility index (Phi) is 5.78. The molecule has 0 aliphatic carbocycles. The molecule has 2 N–H and O–H groups in total. The molecule has 1 fully saturated rings. The maximum atomic E-state index is 13.4. The molecular weight excluding hydrogens is 279 g/mol. The largest absolute Gasteiger partial charge is 0.374 e. The summed E-state index contributed by atoms with van der Waals surface area (Å²) in [7, 11) is 0. The van der Waals surface area contributed by atoms with Crippen molar-refractivity contribution in [2.24, 2.45) is 5.73 Å². The van der Waals surface area contributed by atoms with Crippen LogP contribution in [-0.2, 0) is 11.2 Å². The van der Waals surface area contributed by atoms with Crippen LogP contribution in [0, 0.1) is 5.82 Å². The number of rotatable bonds is 5. The first-order chi connectivity index (χ1) is 9.60. The van der Waals surface area contributed by atoms with Crippen LogP contribution in [0.5, 0.6) is 0 Å². The molecule has 2 atom stereocenters. The van der Waals surface area contributed by atoms with Crippen LogP contribution >= 0.6 is 11.6 Å². The molecule has 0 bridgehead atoms. The molecule has 20 heavy (non-hydrogen) atoms. The van der Waals surface area contributed by atoms with Gasteiger partial charge >= 0.3 is 0 Å². The molecule has 1 heterocycles. The van der Waals surface area contributed by atoms with Gasteiger partial charge in [-0.05, 0) is 37.1 Å². The van der Waals surface area contributed by atoms with Gasteiger partial charge in [0, 0.05) is 19.1 Å². The molecule has 0 radical (unpaired) electrons. The van der Waals surface area contributed by atoms with Crippen molar-refractivity contribution in [3.63, 3.8) is 0 Å². The van der Waals surface area contributed by atoms with Crippen LogP contribution in [-0.4, -0.2) is 43.3 Å². The van der Waals surface area contributed by atoms with Crippen LogP contribution in [0.25, 0.3) is 0 Å². The maximum absolute atomic E-state index is 13.4. The average molecular weight is 301 g/mol. The Morgan fingerprint density at radius 1 is 1.55 bits per heavy atom. The van der Waals surface area contributed by atoms with Crippen molar-refractivity contribution >= 4 is 11.6 Å². The molecule has 112 valence electrons. The standard InChI is InChI=1S/C15H22ClFN2O/c1-2-5-19-6-7-20-15(10-19)14(18)9-11-3-4-12(16)13(17)8-11/h3-4,8,14-15H,2,5-7,9-10,18H2,1H3. The Bertz CT molecular complexity index is 442. The Morgan fingerprint density at radius 2 is 2.35 bits per heavy atom. The Hall–Kier alpha value is -0.680. The first-order valence-corrected chi connectivity index (χ1v) is 7.51. The smallest absolute Gasteiger partial charge is 0.142 e. The summed E-state index contributed by atoms with van der Waals surface area (Å²) in [5.74, 6) is -0.395. The van der Waals surface area contributed by atoms with E-state index in [2.05, 4.69) is 11.8 Å². The van der Waals surface area contributed by atoms with Gasteiger partial charge in [0.15, 0.2) is 0 Å². The molecule has 0 spiro atoms. The van der Waals surface area contributed by atoms with Crippen LogP contribution in [0.1, 0.15) is 18.9 Å². The Morgan fingerprint density at radius 3 is 3.05 bits per heavy atom. The third-order valence-electron chi connectivity index (χ3n) is 3.65. The molecule has 1 aliphatic rings. The highest BCUT2D eigenvalue weighted by Crippen LogP contribution is 2.18. The normalized spacial score (nSPS) is 21.9. The number of ether oxygens (including phenoxy) is 1. The van der Waals surface area contributed by atoms with Crippen LogP contribution < -0.4 is 5.73 Å². The minimum Gasteiger partial charge on any atom is -0.374 e. The molecule has 0 saturated carbocycles. The predicted molar refractivity (Wildman–Crippen MR) is 79.6 cm³/mol. The van der Waals surface area contributed by atoms with Gasteiger partial charge < -0.3 is 10.5 Å². The summed E-state index contributed by atoms with van der Waals surface area (Å²) >= 11 is 5.68. The van der Waals surface area contributed by atoms with Gasteiger partial charge in [-0.15, -0.1) is 0 Å². The van der Waals surface area contributed by atoms with Crippen LogP contribution in [0.15, 0.2) is 18.2 Å². The van der Waals surface area contributed by atoms with E-state index in [1.54, 1.807) is 6.07 Å². The summed E-state index contributed by atoms with van der Waals surface area (Å²) < 4.78 is 19.2. The van der Waals surface area contributed by atoms with E-state index in [4.69, 9.17) is 22.1 Å². The van der Waals surface area contributed by atoms with Crippen molar-refractivity contribution in [1.29, 1.82) is 0 Å². The number of benzene rings is 1. The van der Waals surface area contributed by atoms with Gasteiger partial charge in [-0.1, -0.05) is 24.6 Å². The van der Waals surface area contributed by atoms with Crippen molar-refractivity contribution in [1.82, 2.24) is 4.90 Å². The lowest BCUT2D eigenvalue weighted by molar-refractivity contribution is -0.0400. The van der Waals surface area contributed by atoms with Gasteiger partial charge in [0.05, 0.1) is 17.7 Å². The number of halogens is 2. The maximum Gasteiger partial charge on any atom is 0.142 e. The number of morpholine rings is 1. The Balaban J connectivity index is 1.93. The summed E-state index contributed by atoms with van der Waals surface area (Å²) in [4.78, 5) is 2.37. The van der Waals surface area contributed by atoms with Crippen molar-refractivity contribution in [2.45, 2.75) is 31.9 Å². The highest BCUT2D eigenvalue weighted by Gasteiger charge is 2.25. The van der Waals surface area contributed by atoms with Gasteiger partial charge in [-0.3, -0.25) is 4.90 Å². The Labute approximate surface area is 124 Å². The second kappa shape index (κ2) is 7.36. The lowest BCUT2D eigenvalue weighted by Crippen LogP contribution is -2.51. The fourth-order valence-electron chi connectivity index (χ4n) is 2.58. The number of nitrogens with two attached hydrogens (primary N) is 1. The zero-order valence-electron chi connectivity index (χ0n) is 11.8. The highest BCUT2D eigenvalue weighted by molar-refractivity contribution is 6.30. The molecule has 3 nitrogen and oxygen atoms in total. The summed E-state index contributed by atoms with van der Waals surface area (Å²) in [6.07, 6.45) is 1.73. The second-order valence-electron chi connectivity index (χ2n) is 5.33. The van der Waals surface area contributed by atoms with Crippen molar-refractivity contribution in [3.05, 3.63) is 34.6 Å². The minimum atomic E-state index is -0.395. The lowest BCUT2D eigenvalue weighted by atomic mass is 10.0. The van der Waals surface area contributed by atoms with E-state index in [0.29, 0.717) is 13.0 Å². The highest BCUT2D eigenvalue weighted by atomic mass is 35.5. The summed E-state index contributed by atoms with van der Waals surface area (Å²) in [5.41, 5.74) is 7.08. The van der Waals surface area contributed by atoms with Crippen molar-refractivity contribution in [2.75, 3.05) is 26.2 Å². The number of hydrogen-bond donors (Lipinski definition) is 1. The predicted octanol–water partition coefficient (Wildman–Crippen LogP) is 2.46. The third kappa shape index (κ3) is 4.16. The molecule has 0 aromatic heterocycles. The van der Waals surface area contributed by atoms with Gasteiger partial charge in [0.1, 0.15) is 5.82 Å². The molecule has 5 heteroatoms. The molecule has 2 unspecified atom stereocenters. The quantitative estimate of drug-likeness (QED) is 0.908. The molecule has 1 aromatic carbocycles. The zero-order chi connectivity index (χ0) is 14.5. The number of hydrogen-bond acceptors (Lipinski definition) is 3. The molecule has 2 rings (SSSR count). The average Bonchev–Trinajstić information content (AvgIpc) is 2.43. The number of nitrogens with zero attached hydrogens (tertiary/aromatic N) is 1. The van der Waals surface area contributed by atoms with E-state index in [0.717, 1.165) is 31.6 Å². The van der Waals surface area contributed by atoms with Crippen molar-refractivity contribution < 1.29 is 9.13 Å². The van der Waals surface area contributed by atoms with E-state index < -0.39 is 5.82 Å². The first-order valence-electron chi connectivity index (χ1n) is 7.13. The molecule has 1 aliphatic heterocycles. The van der Waals surface area contributed by atoms with Gasteiger partial charge in [0.2, 0.25) is 0 Å². The summed E-state index contributed by atoms with van der Waals surface area (Å²) in [5, 5.41) is 0.144. The lowest BCUT2D eigenvalue weighted by Gasteiger charge is -2.35. The third-order valence-corrected chi connectivity index (χ3v) is 3.96. The van der Waals surface area contributed by atoms with E-state index in [1.165, 1.54) is 6.07 Å². The van der Waals surface area contributed by atoms with E-state index in [1.807, 2.05) is 6.07 Å². The first kappa shape index (κ1) is 15.7. The van der Waals surface area contributed by atoms with Gasteiger partial charge in [0.25, 0.3) is 0 Å². The van der Waals surface area contributed by atoms with E-state index >= 15 is 0 Å². The molecule has 1 aromatic rings. The van der Waals surface area contributed by atoms with Crippen LogP contribution in [0.4, 0.5) is 4.39 Å². The summed E-state index contributed by atoms with van der Waals surface area (Å²) in [6.45, 7) is 5.77. The van der Waals surface area contributed by atoms with E-state index in [9.17, 15) is 4.39 Å². The fraction of sp³-hybridized carbons (Fsp3) is 0.600. The minimum absolute atomic E-state index is 0.00837. The molecule has 1 saturated heterocycles. The van der Waals surface area contributed by atoms with Crippen LogP contribution in [0.2, 0.25) is 5.02 Å². The topological polar surface area (TPSA) is 38.5 Å². The van der Waals surface area contributed by atoms with Gasteiger partial charge in [-0.2, -0.15) is 0 Å². The summed E-state index contributed by atoms with van der Waals surface area (Å²) in [6, 6.07) is 4.71. The van der Waals surface area contributed by atoms with Gasteiger partial charge in [-0.25, -0.2) is 4.39 Å². The zero-order valence-corrected chi connectivity index (χ0v) is 12.6. The van der Waals surface area contributed by atoms with E-state index in [-0.39, 0.29) is 17.2 Å². The monoisotopic (exact) mass is 300 g/mol. The molecule has 0 amide bonds. The van der Waals surface area contributed by atoms with Crippen LogP contribution in [0.3, 0.4) is 0 Å². The SMILES string of the molecule is CCCN1CCOC(C(N)Cc2ccc(Cl)c(F)c2)C1. The molecular formula is C15H22ClFN2O. The van der Waals surface area contributed by atoms with Crippen molar-refractivity contribution in [3.8, 4) is 0 Å². The second-order valence-corrected chi connectivity index (χ2v) is 5.73.